The summed E-state index contributed by atoms with van der Waals surface area (Å²) in [6, 6.07) is 19.4. The van der Waals surface area contributed by atoms with Gasteiger partial charge in [-0.1, -0.05) is 36.4 Å². The van der Waals surface area contributed by atoms with Gasteiger partial charge in [-0.15, -0.1) is 0 Å². The first-order chi connectivity index (χ1) is 15.7. The van der Waals surface area contributed by atoms with E-state index in [0.29, 0.717) is 13.0 Å². The molecule has 7 nitrogen and oxygen atoms in total. The Morgan fingerprint density at radius 1 is 1.03 bits per heavy atom. The lowest BCUT2D eigenvalue weighted by molar-refractivity contribution is -0.139. The van der Waals surface area contributed by atoms with Crippen LogP contribution in [0.5, 0.6) is 5.75 Å². The van der Waals surface area contributed by atoms with E-state index in [0.717, 1.165) is 35.7 Å². The number of para-hydroxylation sites is 2. The summed E-state index contributed by atoms with van der Waals surface area (Å²) in [7, 11) is 1.61. The molecule has 0 bridgehead atoms. The van der Waals surface area contributed by atoms with E-state index in [1.54, 1.807) is 13.4 Å². The molecule has 2 heterocycles. The molecule has 0 unspecified atom stereocenters. The van der Waals surface area contributed by atoms with Crippen molar-refractivity contribution in [1.29, 1.82) is 0 Å². The maximum atomic E-state index is 12.4. The minimum Gasteiger partial charge on any atom is -0.496 e. The summed E-state index contributed by atoms with van der Waals surface area (Å²) in [6.07, 6.45) is 3.13. The number of fused-ring (bicyclic) bond motifs is 1. The van der Waals surface area contributed by atoms with Crippen LogP contribution < -0.4 is 20.3 Å². The van der Waals surface area contributed by atoms with Crippen molar-refractivity contribution in [2.45, 2.75) is 18.9 Å². The number of rotatable bonds is 8. The van der Waals surface area contributed by atoms with Crippen molar-refractivity contribution in [3.05, 3.63) is 83.8 Å². The first-order valence-corrected chi connectivity index (χ1v) is 10.7. The molecule has 1 aliphatic heterocycles. The molecule has 0 saturated carbocycles. The largest absolute Gasteiger partial charge is 0.496 e. The van der Waals surface area contributed by atoms with Crippen LogP contribution in [0.2, 0.25) is 0 Å². The molecule has 1 aliphatic rings. The Morgan fingerprint density at radius 2 is 1.81 bits per heavy atom. The van der Waals surface area contributed by atoms with Crippen LogP contribution in [-0.4, -0.2) is 38.6 Å². The molecule has 0 radical (unpaired) electrons. The van der Waals surface area contributed by atoms with E-state index >= 15 is 0 Å². The zero-order chi connectivity index (χ0) is 22.3. The van der Waals surface area contributed by atoms with Crippen LogP contribution in [0.25, 0.3) is 0 Å². The molecule has 7 heteroatoms. The van der Waals surface area contributed by atoms with E-state index in [1.165, 1.54) is 5.56 Å². The van der Waals surface area contributed by atoms with E-state index in [2.05, 4.69) is 27.7 Å². The van der Waals surface area contributed by atoms with Crippen LogP contribution >= 0.6 is 0 Å². The molecule has 2 N–H and O–H groups in total. The smallest absolute Gasteiger partial charge is 0.309 e. The highest BCUT2D eigenvalue weighted by Gasteiger charge is 2.29. The average molecular weight is 434 g/mol. The molecule has 2 aromatic carbocycles. The standard InChI is InChI=1S/C25H27N3O4/c1-31-22-10-5-3-8-19(22)12-14-26-24(29)25(30)27-17-21(23-11-6-16-32-23)28-15-13-18-7-2-4-9-20(18)28/h2-11,16,21H,12-15,17H2,1H3,(H,26,29)(H,27,30)/t21-/m1/s1. The van der Waals surface area contributed by atoms with Crippen LogP contribution in [0.15, 0.2) is 71.3 Å². The van der Waals surface area contributed by atoms with Gasteiger partial charge in [-0.2, -0.15) is 0 Å². The molecule has 4 rings (SSSR count). The number of carbonyl (C=O) groups excluding carboxylic acids is 2. The maximum Gasteiger partial charge on any atom is 0.309 e. The number of carbonyl (C=O) groups is 2. The monoisotopic (exact) mass is 433 g/mol. The van der Waals surface area contributed by atoms with Gasteiger partial charge in [-0.05, 0) is 48.2 Å². The number of nitrogens with zero attached hydrogens (tertiary/aromatic N) is 1. The van der Waals surface area contributed by atoms with Crippen molar-refractivity contribution in [3.63, 3.8) is 0 Å². The maximum absolute atomic E-state index is 12.4. The third kappa shape index (κ3) is 4.77. The number of hydrogen-bond acceptors (Lipinski definition) is 5. The summed E-state index contributed by atoms with van der Waals surface area (Å²) in [5.74, 6) is 0.200. The van der Waals surface area contributed by atoms with Crippen LogP contribution in [0.1, 0.15) is 22.9 Å². The predicted octanol–water partition coefficient (Wildman–Crippen LogP) is 2.87. The van der Waals surface area contributed by atoms with Gasteiger partial charge in [-0.3, -0.25) is 9.59 Å². The summed E-state index contributed by atoms with van der Waals surface area (Å²) in [4.78, 5) is 27.0. The number of ether oxygens (including phenoxy) is 1. The molecule has 32 heavy (non-hydrogen) atoms. The molecule has 0 spiro atoms. The van der Waals surface area contributed by atoms with Crippen molar-refractivity contribution in [2.24, 2.45) is 0 Å². The van der Waals surface area contributed by atoms with Gasteiger partial charge >= 0.3 is 11.8 Å². The molecule has 2 amide bonds. The first-order valence-electron chi connectivity index (χ1n) is 10.7. The fourth-order valence-electron chi connectivity index (χ4n) is 4.10. The van der Waals surface area contributed by atoms with Gasteiger partial charge in [0.15, 0.2) is 0 Å². The second-order valence-electron chi connectivity index (χ2n) is 7.63. The Balaban J connectivity index is 1.34. The number of nitrogens with one attached hydrogen (secondary N) is 2. The topological polar surface area (TPSA) is 83.8 Å². The second-order valence-corrected chi connectivity index (χ2v) is 7.63. The summed E-state index contributed by atoms with van der Waals surface area (Å²) >= 11 is 0. The fourth-order valence-corrected chi connectivity index (χ4v) is 4.10. The Hall–Kier alpha value is -3.74. The average Bonchev–Trinajstić information content (AvgIpc) is 3.50. The summed E-state index contributed by atoms with van der Waals surface area (Å²) in [5.41, 5.74) is 3.37. The van der Waals surface area contributed by atoms with E-state index < -0.39 is 11.8 Å². The molecule has 0 aliphatic carbocycles. The van der Waals surface area contributed by atoms with Crippen molar-refractivity contribution in [1.82, 2.24) is 10.6 Å². The molecule has 0 saturated heterocycles. The van der Waals surface area contributed by atoms with Gasteiger partial charge in [0.05, 0.1) is 13.4 Å². The summed E-state index contributed by atoms with van der Waals surface area (Å²) in [6.45, 7) is 1.43. The highest BCUT2D eigenvalue weighted by Crippen LogP contribution is 2.34. The number of anilines is 1. The molecule has 166 valence electrons. The van der Waals surface area contributed by atoms with Crippen molar-refractivity contribution in [2.75, 3.05) is 31.6 Å². The SMILES string of the molecule is COc1ccccc1CCNC(=O)C(=O)NC[C@H](c1ccco1)N1CCc2ccccc21. The Bertz CT molecular complexity index is 1060. The first kappa shape index (κ1) is 21.5. The minimum absolute atomic E-state index is 0.195. The number of amides is 2. The van der Waals surface area contributed by atoms with E-state index in [1.807, 2.05) is 48.5 Å². The summed E-state index contributed by atoms with van der Waals surface area (Å²) < 4.78 is 11.0. The van der Waals surface area contributed by atoms with Gasteiger partial charge in [-0.25, -0.2) is 0 Å². The van der Waals surface area contributed by atoms with Crippen LogP contribution in [0.3, 0.4) is 0 Å². The normalized spacial score (nSPS) is 13.3. The number of benzene rings is 2. The van der Waals surface area contributed by atoms with Crippen LogP contribution in [-0.2, 0) is 22.4 Å². The second kappa shape index (κ2) is 10.0. The van der Waals surface area contributed by atoms with E-state index in [-0.39, 0.29) is 12.6 Å². The molecule has 1 atom stereocenters. The Morgan fingerprint density at radius 3 is 2.62 bits per heavy atom. The van der Waals surface area contributed by atoms with Gasteiger partial charge in [0.2, 0.25) is 0 Å². The van der Waals surface area contributed by atoms with Gasteiger partial charge < -0.3 is 24.7 Å². The van der Waals surface area contributed by atoms with E-state index in [4.69, 9.17) is 9.15 Å². The van der Waals surface area contributed by atoms with Gasteiger partial charge in [0, 0.05) is 25.3 Å². The number of methoxy groups -OCH3 is 1. The minimum atomic E-state index is -0.658. The zero-order valence-electron chi connectivity index (χ0n) is 18.0. The van der Waals surface area contributed by atoms with Crippen molar-refractivity contribution < 1.29 is 18.7 Å². The van der Waals surface area contributed by atoms with Crippen LogP contribution in [0, 0.1) is 0 Å². The Kier molecular flexibility index (Phi) is 6.75. The lowest BCUT2D eigenvalue weighted by atomic mass is 10.1. The highest BCUT2D eigenvalue weighted by molar-refractivity contribution is 6.35. The quantitative estimate of drug-likeness (QED) is 0.534. The molecular formula is C25H27N3O4. The lowest BCUT2D eigenvalue weighted by Crippen LogP contribution is -2.44. The molecule has 1 aromatic heterocycles. The predicted molar refractivity (Wildman–Crippen MR) is 122 cm³/mol. The molecule has 3 aromatic rings. The van der Waals surface area contributed by atoms with E-state index in [9.17, 15) is 9.59 Å². The number of furan rings is 1. The highest BCUT2D eigenvalue weighted by atomic mass is 16.5. The number of hydrogen-bond donors (Lipinski definition) is 2. The third-order valence-corrected chi connectivity index (χ3v) is 5.71. The van der Waals surface area contributed by atoms with Crippen molar-refractivity contribution in [3.8, 4) is 5.75 Å². The molecule has 0 fully saturated rings. The van der Waals surface area contributed by atoms with Gasteiger partial charge in [0.25, 0.3) is 0 Å². The fraction of sp³-hybridized carbons (Fsp3) is 0.280. The lowest BCUT2D eigenvalue weighted by Gasteiger charge is -2.29. The Labute approximate surface area is 187 Å². The van der Waals surface area contributed by atoms with Crippen LogP contribution in [0.4, 0.5) is 5.69 Å². The summed E-state index contributed by atoms with van der Waals surface area (Å²) in [5, 5.41) is 5.45. The molecular weight excluding hydrogens is 406 g/mol. The van der Waals surface area contributed by atoms with Gasteiger partial charge in [0.1, 0.15) is 17.6 Å². The van der Waals surface area contributed by atoms with Crippen molar-refractivity contribution >= 4 is 17.5 Å². The third-order valence-electron chi connectivity index (χ3n) is 5.71. The zero-order valence-corrected chi connectivity index (χ0v) is 18.0.